The van der Waals surface area contributed by atoms with Gasteiger partial charge in [-0.05, 0) is 23.8 Å². The Morgan fingerprint density at radius 3 is 2.81 bits per heavy atom. The molecule has 5 nitrogen and oxygen atoms in total. The second-order valence-electron chi connectivity index (χ2n) is 5.28. The summed E-state index contributed by atoms with van der Waals surface area (Å²) in [5, 5.41) is 4.74. The van der Waals surface area contributed by atoms with E-state index in [1.165, 1.54) is 24.2 Å². The van der Waals surface area contributed by atoms with Crippen molar-refractivity contribution < 1.29 is 9.53 Å². The molecule has 0 radical (unpaired) electrons. The highest BCUT2D eigenvalue weighted by Crippen LogP contribution is 2.26. The van der Waals surface area contributed by atoms with Crippen molar-refractivity contribution in [1.29, 1.82) is 0 Å². The van der Waals surface area contributed by atoms with E-state index in [4.69, 9.17) is 16.3 Å². The lowest BCUT2D eigenvalue weighted by molar-refractivity contribution is 0.101. The highest BCUT2D eigenvalue weighted by molar-refractivity contribution is 7.98. The van der Waals surface area contributed by atoms with Gasteiger partial charge in [0, 0.05) is 22.8 Å². The van der Waals surface area contributed by atoms with Crippen molar-refractivity contribution >= 4 is 45.8 Å². The highest BCUT2D eigenvalue weighted by atomic mass is 35.5. The average Bonchev–Trinajstić information content (AvgIpc) is 3.13. The van der Waals surface area contributed by atoms with Crippen LogP contribution in [0.2, 0.25) is 5.02 Å². The molecule has 0 amide bonds. The summed E-state index contributed by atoms with van der Waals surface area (Å²) >= 11 is 8.86. The standard InChI is InChI=1S/C18H16ClN3O2S2/c1-24-16-8-7-13(9-14(16)19)15(23)10-20-17-21-18(22-26-17)25-11-12-5-3-2-4-6-12/h2-9H,10-11H2,1H3,(H,20,21,22). The van der Waals surface area contributed by atoms with Gasteiger partial charge in [-0.3, -0.25) is 4.79 Å². The quantitative estimate of drug-likeness (QED) is 0.429. The van der Waals surface area contributed by atoms with E-state index in [0.29, 0.717) is 26.6 Å². The Balaban J connectivity index is 1.52. The summed E-state index contributed by atoms with van der Waals surface area (Å²) in [6, 6.07) is 15.1. The van der Waals surface area contributed by atoms with E-state index in [1.807, 2.05) is 18.2 Å². The molecule has 0 unspecified atom stereocenters. The van der Waals surface area contributed by atoms with E-state index in [-0.39, 0.29) is 12.3 Å². The summed E-state index contributed by atoms with van der Waals surface area (Å²) in [5.41, 5.74) is 1.74. The number of hydrogen-bond acceptors (Lipinski definition) is 7. The first-order valence-electron chi connectivity index (χ1n) is 7.77. The van der Waals surface area contributed by atoms with Crippen molar-refractivity contribution in [2.24, 2.45) is 0 Å². The van der Waals surface area contributed by atoms with E-state index in [2.05, 4.69) is 26.8 Å². The van der Waals surface area contributed by atoms with Crippen LogP contribution in [0.4, 0.5) is 5.13 Å². The minimum absolute atomic E-state index is 0.0803. The molecule has 134 valence electrons. The number of methoxy groups -OCH3 is 1. The molecule has 0 aliphatic rings. The van der Waals surface area contributed by atoms with Gasteiger partial charge in [-0.2, -0.15) is 9.36 Å². The largest absolute Gasteiger partial charge is 0.495 e. The number of hydrogen-bond donors (Lipinski definition) is 1. The highest BCUT2D eigenvalue weighted by Gasteiger charge is 2.11. The number of aromatic nitrogens is 2. The second-order valence-corrected chi connectivity index (χ2v) is 7.38. The topological polar surface area (TPSA) is 64.1 Å². The third kappa shape index (κ3) is 4.97. The Morgan fingerprint density at radius 2 is 2.08 bits per heavy atom. The van der Waals surface area contributed by atoms with Crippen molar-refractivity contribution in [3.05, 3.63) is 64.7 Å². The zero-order valence-corrected chi connectivity index (χ0v) is 16.3. The molecule has 2 aromatic carbocycles. The van der Waals surface area contributed by atoms with Crippen LogP contribution in [0.5, 0.6) is 5.75 Å². The Labute approximate surface area is 164 Å². The zero-order chi connectivity index (χ0) is 18.4. The van der Waals surface area contributed by atoms with E-state index in [0.717, 1.165) is 5.75 Å². The third-order valence-corrected chi connectivity index (χ3v) is 5.49. The summed E-state index contributed by atoms with van der Waals surface area (Å²) < 4.78 is 9.39. The second kappa shape index (κ2) is 9.02. The molecule has 8 heteroatoms. The molecule has 3 rings (SSSR count). The number of anilines is 1. The number of Topliss-reactive ketones (excluding diaryl/α,β-unsaturated/α-hetero) is 1. The number of carbonyl (C=O) groups is 1. The molecule has 3 aromatic rings. The number of ketones is 1. The first-order chi connectivity index (χ1) is 12.7. The lowest BCUT2D eigenvalue weighted by Gasteiger charge is -2.06. The van der Waals surface area contributed by atoms with Gasteiger partial charge in [0.2, 0.25) is 10.3 Å². The summed E-state index contributed by atoms with van der Waals surface area (Å²) in [5.74, 6) is 1.27. The van der Waals surface area contributed by atoms with Crippen LogP contribution in [0.15, 0.2) is 53.7 Å². The van der Waals surface area contributed by atoms with Crippen LogP contribution in [-0.2, 0) is 5.75 Å². The molecular formula is C18H16ClN3O2S2. The number of nitrogens with one attached hydrogen (secondary N) is 1. The van der Waals surface area contributed by atoms with Crippen molar-refractivity contribution in [2.75, 3.05) is 19.0 Å². The summed E-state index contributed by atoms with van der Waals surface area (Å²) in [6.07, 6.45) is 0. The minimum atomic E-state index is -0.0803. The lowest BCUT2D eigenvalue weighted by atomic mass is 10.1. The van der Waals surface area contributed by atoms with E-state index >= 15 is 0 Å². The molecule has 0 aliphatic carbocycles. The molecule has 1 heterocycles. The van der Waals surface area contributed by atoms with Crippen molar-refractivity contribution in [3.63, 3.8) is 0 Å². The molecule has 0 fully saturated rings. The first kappa shape index (κ1) is 18.7. The maximum absolute atomic E-state index is 12.3. The fourth-order valence-electron chi connectivity index (χ4n) is 2.16. The van der Waals surface area contributed by atoms with Gasteiger partial charge in [-0.1, -0.05) is 53.7 Å². The fraction of sp³-hybridized carbons (Fsp3) is 0.167. The van der Waals surface area contributed by atoms with Gasteiger partial charge in [0.1, 0.15) is 5.75 Å². The Bertz CT molecular complexity index is 887. The molecular weight excluding hydrogens is 390 g/mol. The summed E-state index contributed by atoms with van der Waals surface area (Å²) in [6.45, 7) is 0.126. The number of thioether (sulfide) groups is 1. The van der Waals surface area contributed by atoms with Crippen LogP contribution in [0, 0.1) is 0 Å². The molecule has 0 spiro atoms. The predicted molar refractivity (Wildman–Crippen MR) is 107 cm³/mol. The van der Waals surface area contributed by atoms with Gasteiger partial charge in [-0.25, -0.2) is 0 Å². The first-order valence-corrected chi connectivity index (χ1v) is 9.90. The van der Waals surface area contributed by atoms with Gasteiger partial charge in [-0.15, -0.1) is 0 Å². The molecule has 1 N–H and O–H groups in total. The molecule has 0 saturated carbocycles. The van der Waals surface area contributed by atoms with Gasteiger partial charge in [0.25, 0.3) is 0 Å². The molecule has 0 saturated heterocycles. The number of halogens is 1. The van der Waals surface area contributed by atoms with Crippen LogP contribution in [0.3, 0.4) is 0 Å². The van der Waals surface area contributed by atoms with Crippen LogP contribution in [-0.4, -0.2) is 28.8 Å². The number of benzene rings is 2. The molecule has 0 aliphatic heterocycles. The van der Waals surface area contributed by atoms with Gasteiger partial charge < -0.3 is 10.1 Å². The maximum Gasteiger partial charge on any atom is 0.203 e. The number of ether oxygens (including phenoxy) is 1. The molecule has 0 bridgehead atoms. The zero-order valence-electron chi connectivity index (χ0n) is 13.9. The van der Waals surface area contributed by atoms with Gasteiger partial charge in [0.05, 0.1) is 18.7 Å². The predicted octanol–water partition coefficient (Wildman–Crippen LogP) is 4.79. The SMILES string of the molecule is COc1ccc(C(=O)CNc2nc(SCc3ccccc3)ns2)cc1Cl. The number of carbonyl (C=O) groups excluding carboxylic acids is 1. The Hall–Kier alpha value is -2.09. The van der Waals surface area contributed by atoms with Gasteiger partial charge in [0.15, 0.2) is 5.78 Å². The minimum Gasteiger partial charge on any atom is -0.495 e. The van der Waals surface area contributed by atoms with E-state index < -0.39 is 0 Å². The lowest BCUT2D eigenvalue weighted by Crippen LogP contribution is -2.13. The Kier molecular flexibility index (Phi) is 6.49. The average molecular weight is 406 g/mol. The molecule has 26 heavy (non-hydrogen) atoms. The summed E-state index contributed by atoms with van der Waals surface area (Å²) in [4.78, 5) is 16.7. The van der Waals surface area contributed by atoms with Crippen LogP contribution in [0.25, 0.3) is 0 Å². The monoisotopic (exact) mass is 405 g/mol. The normalized spacial score (nSPS) is 10.5. The number of nitrogens with zero attached hydrogens (tertiary/aromatic N) is 2. The van der Waals surface area contributed by atoms with Crippen molar-refractivity contribution in [3.8, 4) is 5.75 Å². The molecule has 1 aromatic heterocycles. The third-order valence-electron chi connectivity index (χ3n) is 3.49. The van der Waals surface area contributed by atoms with E-state index in [9.17, 15) is 4.79 Å². The van der Waals surface area contributed by atoms with E-state index in [1.54, 1.807) is 30.0 Å². The fourth-order valence-corrected chi connectivity index (χ4v) is 3.91. The van der Waals surface area contributed by atoms with Gasteiger partial charge >= 0.3 is 0 Å². The van der Waals surface area contributed by atoms with Crippen molar-refractivity contribution in [2.45, 2.75) is 10.9 Å². The van der Waals surface area contributed by atoms with Crippen molar-refractivity contribution in [1.82, 2.24) is 9.36 Å². The summed E-state index contributed by atoms with van der Waals surface area (Å²) in [7, 11) is 1.53. The van der Waals surface area contributed by atoms with Crippen LogP contribution >= 0.6 is 34.9 Å². The number of rotatable bonds is 8. The smallest absolute Gasteiger partial charge is 0.203 e. The molecule has 0 atom stereocenters. The van der Waals surface area contributed by atoms with Crippen LogP contribution < -0.4 is 10.1 Å². The van der Waals surface area contributed by atoms with Crippen LogP contribution in [0.1, 0.15) is 15.9 Å². The Morgan fingerprint density at radius 1 is 1.27 bits per heavy atom. The maximum atomic E-state index is 12.3.